The van der Waals surface area contributed by atoms with Crippen molar-refractivity contribution in [3.8, 4) is 45.4 Å². The number of nitrogens with one attached hydrogen (secondary N) is 1. The second-order valence-corrected chi connectivity index (χ2v) is 15.6. The second-order valence-electron chi connectivity index (χ2n) is 14.9. The van der Waals surface area contributed by atoms with Crippen LogP contribution in [0.15, 0.2) is 150 Å². The van der Waals surface area contributed by atoms with E-state index in [4.69, 9.17) is 20.1 Å². The molecule has 2 aromatic heterocycles. The average molecular weight is 789 g/mol. The summed E-state index contributed by atoms with van der Waals surface area (Å²) in [5, 5.41) is 8.91. The summed E-state index contributed by atoms with van der Waals surface area (Å²) in [5.41, 5.74) is 14.0. The molecule has 0 saturated carbocycles. The molecule has 4 heterocycles. The van der Waals surface area contributed by atoms with Crippen LogP contribution in [-0.4, -0.2) is 30.1 Å². The van der Waals surface area contributed by atoms with Gasteiger partial charge in [-0.05, 0) is 84.6 Å². The SMILES string of the molecule is CC1(C)c2ccccc2N(c2ccc(-c3nc4c(nc3-c3ccc(N5c6ccccc6Oc6ccccc65)cc3)/C(=N/S)C(=N)c3nsnc3-4)cc2)c2ccccc21. The van der Waals surface area contributed by atoms with Gasteiger partial charge in [-0.25, -0.2) is 14.4 Å². The fourth-order valence-corrected chi connectivity index (χ4v) is 9.22. The number of nitrogens with zero attached hydrogens (tertiary/aromatic N) is 7. The van der Waals surface area contributed by atoms with Gasteiger partial charge in [0.25, 0.3) is 0 Å². The van der Waals surface area contributed by atoms with Gasteiger partial charge in [-0.1, -0.05) is 98.8 Å². The summed E-state index contributed by atoms with van der Waals surface area (Å²) in [6.45, 7) is 4.59. The zero-order valence-corrected chi connectivity index (χ0v) is 33.0. The highest BCUT2D eigenvalue weighted by Crippen LogP contribution is 2.53. The van der Waals surface area contributed by atoms with Gasteiger partial charge < -0.3 is 14.5 Å². The minimum atomic E-state index is -0.156. The van der Waals surface area contributed by atoms with E-state index in [1.165, 1.54) is 11.1 Å². The second kappa shape index (κ2) is 13.1. The summed E-state index contributed by atoms with van der Waals surface area (Å²) in [7, 11) is 0. The highest BCUT2D eigenvalue weighted by molar-refractivity contribution is 7.79. The quantitative estimate of drug-likeness (QED) is 0.171. The Balaban J connectivity index is 1.06. The van der Waals surface area contributed by atoms with Crippen LogP contribution in [0.25, 0.3) is 33.9 Å². The van der Waals surface area contributed by atoms with Crippen molar-refractivity contribution in [2.45, 2.75) is 19.3 Å². The van der Waals surface area contributed by atoms with E-state index in [9.17, 15) is 0 Å². The molecule has 8 aromatic rings. The minimum Gasteiger partial charge on any atom is -0.453 e. The Hall–Kier alpha value is -6.95. The number of ether oxygens (including phenoxy) is 1. The Bertz CT molecular complexity index is 2920. The van der Waals surface area contributed by atoms with E-state index in [0.717, 1.165) is 68.5 Å². The molecule has 0 amide bonds. The van der Waals surface area contributed by atoms with Crippen LogP contribution in [0, 0.1) is 5.41 Å². The summed E-state index contributed by atoms with van der Waals surface area (Å²) in [6, 6.07) is 50.2. The number of hydrogen-bond acceptors (Lipinski definition) is 11. The topological polar surface area (TPSA) is 103 Å². The highest BCUT2D eigenvalue weighted by atomic mass is 32.1. The normalized spacial score (nSPS) is 15.1. The number of fused-ring (bicyclic) bond motifs is 7. The molecule has 3 aliphatic rings. The van der Waals surface area contributed by atoms with E-state index in [1.54, 1.807) is 0 Å². The number of thiol groups is 1. The van der Waals surface area contributed by atoms with Gasteiger partial charge >= 0.3 is 0 Å². The molecule has 0 saturated heterocycles. The maximum atomic E-state index is 8.91. The van der Waals surface area contributed by atoms with Crippen molar-refractivity contribution < 1.29 is 4.74 Å². The van der Waals surface area contributed by atoms with Crippen molar-refractivity contribution in [3.63, 3.8) is 0 Å². The van der Waals surface area contributed by atoms with E-state index in [-0.39, 0.29) is 11.1 Å². The first-order valence-corrected chi connectivity index (χ1v) is 20.0. The summed E-state index contributed by atoms with van der Waals surface area (Å²) >= 11 is 5.32. The summed E-state index contributed by atoms with van der Waals surface area (Å²) < 4.78 is 19.5. The monoisotopic (exact) mass is 788 g/mol. The lowest BCUT2D eigenvalue weighted by molar-refractivity contribution is 0.477. The predicted octanol–water partition coefficient (Wildman–Crippen LogP) is 12.0. The van der Waals surface area contributed by atoms with Crippen LogP contribution in [0.5, 0.6) is 11.5 Å². The largest absolute Gasteiger partial charge is 0.453 e. The molecule has 11 heteroatoms. The Morgan fingerprint density at radius 2 is 0.983 bits per heavy atom. The molecule has 0 spiro atoms. The van der Waals surface area contributed by atoms with Gasteiger partial charge in [0.05, 0.1) is 45.9 Å². The maximum absolute atomic E-state index is 8.91. The third-order valence-electron chi connectivity index (χ3n) is 11.3. The van der Waals surface area contributed by atoms with E-state index < -0.39 is 0 Å². The zero-order valence-electron chi connectivity index (χ0n) is 31.3. The van der Waals surface area contributed by atoms with Crippen LogP contribution in [0.1, 0.15) is 36.4 Å². The summed E-state index contributed by atoms with van der Waals surface area (Å²) in [6.07, 6.45) is 0. The molecule has 0 radical (unpaired) electrons. The predicted molar refractivity (Wildman–Crippen MR) is 236 cm³/mol. The molecule has 0 atom stereocenters. The number of hydrogen-bond donors (Lipinski definition) is 2. The molecule has 0 bridgehead atoms. The highest BCUT2D eigenvalue weighted by Gasteiger charge is 2.37. The van der Waals surface area contributed by atoms with Gasteiger partial charge in [0.1, 0.15) is 34.2 Å². The molecule has 1 aliphatic carbocycles. The first-order chi connectivity index (χ1) is 28.4. The number of anilines is 6. The molecule has 2 aliphatic heterocycles. The summed E-state index contributed by atoms with van der Waals surface area (Å²) in [4.78, 5) is 15.1. The molecule has 0 fully saturated rings. The van der Waals surface area contributed by atoms with Gasteiger partial charge in [0.2, 0.25) is 0 Å². The van der Waals surface area contributed by atoms with Crippen LogP contribution in [-0.2, 0) is 5.41 Å². The molecule has 278 valence electrons. The van der Waals surface area contributed by atoms with Crippen LogP contribution >= 0.6 is 24.5 Å². The average Bonchev–Trinajstić information content (AvgIpc) is 3.77. The number of para-hydroxylation sites is 6. The molecule has 1 N–H and O–H groups in total. The van der Waals surface area contributed by atoms with Crippen LogP contribution in [0.3, 0.4) is 0 Å². The van der Waals surface area contributed by atoms with E-state index in [0.29, 0.717) is 39.9 Å². The van der Waals surface area contributed by atoms with Crippen molar-refractivity contribution in [3.05, 3.63) is 168 Å². The lowest BCUT2D eigenvalue weighted by Crippen LogP contribution is -2.30. The van der Waals surface area contributed by atoms with E-state index in [1.807, 2.05) is 36.4 Å². The maximum Gasteiger partial charge on any atom is 0.151 e. The molecular weight excluding hydrogens is 757 g/mol. The van der Waals surface area contributed by atoms with Crippen LogP contribution in [0.4, 0.5) is 34.1 Å². The third-order valence-corrected chi connectivity index (χ3v) is 12.0. The van der Waals surface area contributed by atoms with Crippen molar-refractivity contribution in [1.29, 1.82) is 5.41 Å². The Kier molecular flexibility index (Phi) is 7.72. The van der Waals surface area contributed by atoms with Crippen molar-refractivity contribution in [1.82, 2.24) is 18.7 Å². The number of rotatable bonds is 4. The van der Waals surface area contributed by atoms with Crippen molar-refractivity contribution in [2.24, 2.45) is 4.40 Å². The zero-order chi connectivity index (χ0) is 39.1. The van der Waals surface area contributed by atoms with Crippen LogP contribution < -0.4 is 14.5 Å². The number of benzene rings is 6. The first-order valence-electron chi connectivity index (χ1n) is 18.8. The number of aromatic nitrogens is 4. The lowest BCUT2D eigenvalue weighted by atomic mass is 9.73. The van der Waals surface area contributed by atoms with Gasteiger partial charge in [0, 0.05) is 27.9 Å². The molecule has 9 nitrogen and oxygen atoms in total. The fourth-order valence-electron chi connectivity index (χ4n) is 8.47. The first kappa shape index (κ1) is 34.3. The smallest absolute Gasteiger partial charge is 0.151 e. The van der Waals surface area contributed by atoms with E-state index >= 15 is 0 Å². The van der Waals surface area contributed by atoms with Crippen LogP contribution in [0.2, 0.25) is 0 Å². The Labute approximate surface area is 344 Å². The molecule has 6 aromatic carbocycles. The molecule has 58 heavy (non-hydrogen) atoms. The lowest BCUT2D eigenvalue weighted by Gasteiger charge is -2.42. The van der Waals surface area contributed by atoms with Gasteiger partial charge in [-0.3, -0.25) is 5.41 Å². The standard InChI is InChI=1S/C47H32N8OS2/c1-47(2)31-11-3-5-13-33(31)54(34-14-6-4-12-32(34)47)29-23-19-28(20-24-29)41-40(49-44-42(51-57)39(48)43-46(45(44)50-41)53-58-52-43)27-21-25-30(26-22-27)55-35-15-7-9-17-37(35)56-38-18-10-8-16-36(38)55/h3-26,48,57H,1-2H3/b48-39?,51-42+. The molecular formula is C47H32N8OS2. The molecule has 0 unspecified atom stereocenters. The summed E-state index contributed by atoms with van der Waals surface area (Å²) in [5.74, 6) is 1.57. The third kappa shape index (κ3) is 5.10. The fraction of sp³-hybridized carbons (Fsp3) is 0.0638. The van der Waals surface area contributed by atoms with Crippen molar-refractivity contribution in [2.75, 3.05) is 9.80 Å². The van der Waals surface area contributed by atoms with Crippen molar-refractivity contribution >= 4 is 70.1 Å². The van der Waals surface area contributed by atoms with Gasteiger partial charge in [-0.15, -0.1) is 0 Å². The Morgan fingerprint density at radius 3 is 1.52 bits per heavy atom. The Morgan fingerprint density at radius 1 is 0.534 bits per heavy atom. The van der Waals surface area contributed by atoms with Gasteiger partial charge in [0.15, 0.2) is 11.5 Å². The molecule has 11 rings (SSSR count). The van der Waals surface area contributed by atoms with Gasteiger partial charge in [-0.2, -0.15) is 8.75 Å². The minimum absolute atomic E-state index is 0.119. The van der Waals surface area contributed by atoms with E-state index in [2.05, 4.69) is 159 Å².